The van der Waals surface area contributed by atoms with E-state index in [1.54, 1.807) is 35.2 Å². The molecule has 0 aromatic heterocycles. The maximum atomic E-state index is 13.4. The highest BCUT2D eigenvalue weighted by Gasteiger charge is 2.37. The molecule has 5 rings (SSSR count). The van der Waals surface area contributed by atoms with Gasteiger partial charge < -0.3 is 10.2 Å². The van der Waals surface area contributed by atoms with Crippen molar-refractivity contribution in [1.29, 1.82) is 0 Å². The topological polar surface area (TPSA) is 78.8 Å². The summed E-state index contributed by atoms with van der Waals surface area (Å²) in [6.07, 6.45) is 0.390. The molecule has 3 aromatic rings. The molecule has 0 radical (unpaired) electrons. The van der Waals surface area contributed by atoms with Gasteiger partial charge in [0.2, 0.25) is 6.17 Å². The Morgan fingerprint density at radius 3 is 2.45 bits per heavy atom. The molecule has 0 fully saturated rings. The van der Waals surface area contributed by atoms with Crippen LogP contribution in [0.5, 0.6) is 0 Å². The second-order valence-corrected chi connectivity index (χ2v) is 7.52. The molecule has 0 saturated carbocycles. The molecule has 1 N–H and O–H groups in total. The van der Waals surface area contributed by atoms with Crippen molar-refractivity contribution in [3.05, 3.63) is 101 Å². The van der Waals surface area contributed by atoms with Crippen LogP contribution in [-0.4, -0.2) is 36.5 Å². The maximum absolute atomic E-state index is 13.4. The fraction of sp³-hybridized carbons (Fsp3) is 0.120. The van der Waals surface area contributed by atoms with Crippen molar-refractivity contribution in [2.24, 2.45) is 4.99 Å². The molecule has 2 heterocycles. The minimum atomic E-state index is -1.07. The highest BCUT2D eigenvalue weighted by atomic mass is 16.2. The van der Waals surface area contributed by atoms with Crippen LogP contribution in [0.1, 0.15) is 37.4 Å². The second-order valence-electron chi connectivity index (χ2n) is 7.52. The van der Waals surface area contributed by atoms with E-state index in [1.807, 2.05) is 42.5 Å². The molecule has 6 nitrogen and oxygen atoms in total. The molecule has 31 heavy (non-hydrogen) atoms. The molecule has 0 aliphatic carbocycles. The number of nitrogens with zero attached hydrogens (tertiary/aromatic N) is 2. The van der Waals surface area contributed by atoms with Gasteiger partial charge in [-0.3, -0.25) is 14.4 Å². The summed E-state index contributed by atoms with van der Waals surface area (Å²) in [7, 11) is 0. The first-order valence-electron chi connectivity index (χ1n) is 10.1. The molecule has 2 aliphatic heterocycles. The van der Waals surface area contributed by atoms with Gasteiger partial charge in [0, 0.05) is 28.8 Å². The van der Waals surface area contributed by atoms with Crippen molar-refractivity contribution < 1.29 is 14.4 Å². The third-order valence-electron chi connectivity index (χ3n) is 5.59. The quantitative estimate of drug-likeness (QED) is 0.673. The van der Waals surface area contributed by atoms with Crippen LogP contribution in [0.3, 0.4) is 0 Å². The van der Waals surface area contributed by atoms with Gasteiger partial charge >= 0.3 is 0 Å². The van der Waals surface area contributed by atoms with Gasteiger partial charge in [-0.1, -0.05) is 48.5 Å². The van der Waals surface area contributed by atoms with Gasteiger partial charge in [-0.15, -0.1) is 0 Å². The third kappa shape index (κ3) is 3.32. The number of amides is 2. The highest BCUT2D eigenvalue weighted by Crippen LogP contribution is 2.37. The average molecular weight is 409 g/mol. The lowest BCUT2D eigenvalue weighted by Crippen LogP contribution is -2.46. The normalized spacial score (nSPS) is 16.9. The molecule has 3 aromatic carbocycles. The number of hydrogen-bond acceptors (Lipinski definition) is 4. The zero-order chi connectivity index (χ0) is 21.4. The van der Waals surface area contributed by atoms with E-state index in [4.69, 9.17) is 4.99 Å². The molecule has 6 heteroatoms. The van der Waals surface area contributed by atoms with E-state index < -0.39 is 6.17 Å². The molecule has 0 bridgehead atoms. The van der Waals surface area contributed by atoms with Crippen molar-refractivity contribution >= 4 is 29.5 Å². The zero-order valence-corrected chi connectivity index (χ0v) is 16.6. The smallest absolute Gasteiger partial charge is 0.272 e. The zero-order valence-electron chi connectivity index (χ0n) is 16.6. The Bertz CT molecular complexity index is 1220. The van der Waals surface area contributed by atoms with Crippen LogP contribution in [0.2, 0.25) is 0 Å². The monoisotopic (exact) mass is 409 g/mol. The summed E-state index contributed by atoms with van der Waals surface area (Å²) in [5.74, 6) is -0.650. The van der Waals surface area contributed by atoms with Crippen LogP contribution in [0.25, 0.3) is 0 Å². The van der Waals surface area contributed by atoms with Crippen molar-refractivity contribution in [3.63, 3.8) is 0 Å². The largest absolute Gasteiger partial charge is 0.322 e. The summed E-state index contributed by atoms with van der Waals surface area (Å²) < 4.78 is 0. The lowest BCUT2D eigenvalue weighted by Gasteiger charge is -2.21. The van der Waals surface area contributed by atoms with Gasteiger partial charge in [-0.2, -0.15) is 0 Å². The van der Waals surface area contributed by atoms with E-state index >= 15 is 0 Å². The van der Waals surface area contributed by atoms with Crippen LogP contribution in [0.15, 0.2) is 77.8 Å². The van der Waals surface area contributed by atoms with Gasteiger partial charge in [0.1, 0.15) is 6.29 Å². The fourth-order valence-electron chi connectivity index (χ4n) is 4.16. The number of benzene rings is 3. The van der Waals surface area contributed by atoms with Gasteiger partial charge in [-0.25, -0.2) is 4.99 Å². The number of carbonyl (C=O) groups is 3. The Kier molecular flexibility index (Phi) is 4.67. The van der Waals surface area contributed by atoms with Crippen molar-refractivity contribution in [1.82, 2.24) is 5.32 Å². The van der Waals surface area contributed by atoms with E-state index in [-0.39, 0.29) is 11.8 Å². The number of aldehydes is 1. The maximum Gasteiger partial charge on any atom is 0.272 e. The van der Waals surface area contributed by atoms with Crippen LogP contribution < -0.4 is 10.2 Å². The Balaban J connectivity index is 1.65. The first-order valence-corrected chi connectivity index (χ1v) is 10.1. The molecule has 1 atom stereocenters. The summed E-state index contributed by atoms with van der Waals surface area (Å²) in [5, 5.41) is 2.79. The number of nitrogens with one attached hydrogen (secondary N) is 1. The van der Waals surface area contributed by atoms with Gasteiger partial charge in [0.05, 0.1) is 11.4 Å². The van der Waals surface area contributed by atoms with E-state index in [0.717, 1.165) is 28.7 Å². The number of rotatable bonds is 4. The van der Waals surface area contributed by atoms with E-state index in [1.165, 1.54) is 0 Å². The van der Waals surface area contributed by atoms with Crippen LogP contribution >= 0.6 is 0 Å². The van der Waals surface area contributed by atoms with Gasteiger partial charge in [-0.05, 0) is 36.2 Å². The summed E-state index contributed by atoms with van der Waals surface area (Å²) in [6.45, 7) is 0.485. The Morgan fingerprint density at radius 2 is 1.74 bits per heavy atom. The van der Waals surface area contributed by atoms with E-state index in [0.29, 0.717) is 29.8 Å². The molecule has 2 aliphatic rings. The molecule has 152 valence electrons. The summed E-state index contributed by atoms with van der Waals surface area (Å²) in [5.41, 5.74) is 4.83. The molecule has 1 unspecified atom stereocenters. The second kappa shape index (κ2) is 7.65. The predicted octanol–water partition coefficient (Wildman–Crippen LogP) is 3.00. The van der Waals surface area contributed by atoms with Crippen LogP contribution in [-0.2, 0) is 11.2 Å². The number of anilines is 1. The molecule has 0 saturated heterocycles. The van der Waals surface area contributed by atoms with Crippen LogP contribution in [0.4, 0.5) is 5.69 Å². The molecule has 0 spiro atoms. The Morgan fingerprint density at radius 1 is 1.03 bits per heavy atom. The average Bonchev–Trinajstić information content (AvgIpc) is 3.21. The summed E-state index contributed by atoms with van der Waals surface area (Å²) in [4.78, 5) is 44.1. The van der Waals surface area contributed by atoms with Gasteiger partial charge in [0.25, 0.3) is 11.8 Å². The number of carbonyl (C=O) groups excluding carboxylic acids is 3. The number of hydrogen-bond donors (Lipinski definition) is 1. The minimum absolute atomic E-state index is 0.283. The van der Waals surface area contributed by atoms with E-state index in [2.05, 4.69) is 5.32 Å². The lowest BCUT2D eigenvalue weighted by molar-refractivity contribution is -0.120. The Labute approximate surface area is 179 Å². The first-order chi connectivity index (χ1) is 15.2. The molecule has 2 amide bonds. The summed E-state index contributed by atoms with van der Waals surface area (Å²) in [6, 6.07) is 21.8. The first kappa shape index (κ1) is 18.9. The SMILES string of the molecule is O=Cc1cc2c3c(c1)C(c1ccccc1)=NC(NC(=O)c1ccccc1)C(=O)N3CC2. The van der Waals surface area contributed by atoms with Crippen molar-refractivity contribution in [2.45, 2.75) is 12.6 Å². The minimum Gasteiger partial charge on any atom is -0.322 e. The predicted molar refractivity (Wildman–Crippen MR) is 118 cm³/mol. The highest BCUT2D eigenvalue weighted by molar-refractivity contribution is 6.21. The summed E-state index contributed by atoms with van der Waals surface area (Å²) >= 11 is 0. The van der Waals surface area contributed by atoms with E-state index in [9.17, 15) is 14.4 Å². The van der Waals surface area contributed by atoms with Crippen LogP contribution in [0, 0.1) is 0 Å². The van der Waals surface area contributed by atoms with Crippen molar-refractivity contribution in [2.75, 3.05) is 11.4 Å². The molecular formula is C25H19N3O3. The van der Waals surface area contributed by atoms with Crippen molar-refractivity contribution in [3.8, 4) is 0 Å². The number of aliphatic imine (C=N–C) groups is 1. The fourth-order valence-corrected chi connectivity index (χ4v) is 4.16. The molecular weight excluding hydrogens is 390 g/mol. The third-order valence-corrected chi connectivity index (χ3v) is 5.59. The standard InChI is InChI=1S/C25H19N3O3/c29-15-16-13-19-11-12-28-22(19)20(14-16)21(17-7-3-1-4-8-17)26-23(25(28)31)27-24(30)18-9-5-2-6-10-18/h1-10,13-15,23H,11-12H2,(H,27,30). The Hall–Kier alpha value is -4.06. The van der Waals surface area contributed by atoms with Gasteiger partial charge in [0.15, 0.2) is 0 Å². The lowest BCUT2D eigenvalue weighted by atomic mass is 9.96.